The van der Waals surface area contributed by atoms with Crippen LogP contribution in [0.1, 0.15) is 101 Å². The molecule has 4 aliphatic heterocycles. The average Bonchev–Trinajstić information content (AvgIpc) is 3.56. The molecule has 8 nitrogen and oxygen atoms in total. The Labute approximate surface area is 213 Å². The molecule has 4 aliphatic rings. The van der Waals surface area contributed by atoms with Crippen molar-refractivity contribution < 1.29 is 14.3 Å². The van der Waals surface area contributed by atoms with Gasteiger partial charge in [0, 0.05) is 28.4 Å². The zero-order valence-corrected chi connectivity index (χ0v) is 21.2. The zero-order chi connectivity index (χ0) is 26.2. The molecule has 2 aromatic heterocycles. The first-order chi connectivity index (χ1) is 17.7. The van der Waals surface area contributed by atoms with Crippen LogP contribution in [-0.2, 0) is 4.74 Å². The second-order valence-corrected chi connectivity index (χ2v) is 9.77. The van der Waals surface area contributed by atoms with Gasteiger partial charge in [-0.05, 0) is 61.3 Å². The first kappa shape index (κ1) is 23.1. The largest absolute Gasteiger partial charge is 0.386 e. The minimum Gasteiger partial charge on any atom is -0.386 e. The highest BCUT2D eigenvalue weighted by Crippen LogP contribution is 2.39. The van der Waals surface area contributed by atoms with Crippen LogP contribution < -0.4 is 5.73 Å². The van der Waals surface area contributed by atoms with Crippen LogP contribution in [0.25, 0.3) is 33.3 Å². The lowest BCUT2D eigenvalue weighted by Gasteiger charge is -2.15. The van der Waals surface area contributed by atoms with Crippen molar-refractivity contribution in [2.24, 2.45) is 5.73 Å². The third-order valence-electron chi connectivity index (χ3n) is 7.72. The van der Waals surface area contributed by atoms with Crippen molar-refractivity contribution in [3.63, 3.8) is 0 Å². The van der Waals surface area contributed by atoms with Gasteiger partial charge in [-0.25, -0.2) is 19.6 Å². The molecule has 4 N–H and O–H groups in total. The summed E-state index contributed by atoms with van der Waals surface area (Å²) in [6, 6.07) is 7.05. The molecule has 0 saturated carbocycles. The van der Waals surface area contributed by atoms with E-state index in [9.17, 15) is 9.59 Å². The maximum Gasteiger partial charge on any atom is 0.350 e. The van der Waals surface area contributed by atoms with Crippen molar-refractivity contribution in [3.05, 3.63) is 82.2 Å². The standard InChI is InChI=1S/C29H27N5O3/c1-6-16-12(3)20-11-23-17(7-2)13(4)19(33-23)10-21-14(5)25(30)27(34-21)24-26-18(28(35)37-29(24)36)8-15(31-26)9-22(16)32-20/h7-11,14,25,31,34H,2,6,30H2,1,3-5H3/t14?,25-/m0/s1. The van der Waals surface area contributed by atoms with E-state index in [0.29, 0.717) is 22.3 Å². The summed E-state index contributed by atoms with van der Waals surface area (Å²) >= 11 is 0. The van der Waals surface area contributed by atoms with E-state index >= 15 is 0 Å². The fraction of sp³-hybridized carbons (Fsp3) is 0.241. The summed E-state index contributed by atoms with van der Waals surface area (Å²) in [5.41, 5.74) is 16.8. The highest BCUT2D eigenvalue weighted by Gasteiger charge is 2.35. The number of nitrogens with zero attached hydrogens (tertiary/aromatic N) is 2. The summed E-state index contributed by atoms with van der Waals surface area (Å²) in [5, 5.41) is 0. The van der Waals surface area contributed by atoms with E-state index in [1.807, 2.05) is 38.1 Å². The number of cyclic esters (lactones) is 2. The summed E-state index contributed by atoms with van der Waals surface area (Å²) in [6.45, 7) is 12.2. The van der Waals surface area contributed by atoms with Gasteiger partial charge in [0.2, 0.25) is 0 Å². The molecular formula is C29H27N5O3. The number of H-pyrrole nitrogens is 2. The number of hydrogen-bond acceptors (Lipinski definition) is 6. The molecular weight excluding hydrogens is 466 g/mol. The molecule has 0 saturated heterocycles. The van der Waals surface area contributed by atoms with Crippen LogP contribution in [0.2, 0.25) is 0 Å². The fourth-order valence-electron chi connectivity index (χ4n) is 5.51. The molecule has 2 atom stereocenters. The van der Waals surface area contributed by atoms with Crippen molar-refractivity contribution in [2.75, 3.05) is 0 Å². The normalized spacial score (nSPS) is 19.8. The summed E-state index contributed by atoms with van der Waals surface area (Å²) in [7, 11) is 0. The van der Waals surface area contributed by atoms with Gasteiger partial charge in [0.1, 0.15) is 5.56 Å². The topological polar surface area (TPSA) is 127 Å². The Morgan fingerprint density at radius 3 is 2.46 bits per heavy atom. The van der Waals surface area contributed by atoms with E-state index in [2.05, 4.69) is 30.4 Å². The van der Waals surface area contributed by atoms with Gasteiger partial charge in [0.05, 0.1) is 39.9 Å². The van der Waals surface area contributed by atoms with Crippen molar-refractivity contribution in [1.29, 1.82) is 0 Å². The van der Waals surface area contributed by atoms with Crippen LogP contribution in [0.15, 0.2) is 36.9 Å². The zero-order valence-electron chi connectivity index (χ0n) is 21.2. The van der Waals surface area contributed by atoms with Crippen LogP contribution >= 0.6 is 0 Å². The number of hydrogen-bond donors (Lipinski definition) is 3. The van der Waals surface area contributed by atoms with Gasteiger partial charge in [-0.3, -0.25) is 0 Å². The molecule has 6 heterocycles. The monoisotopic (exact) mass is 493 g/mol. The molecule has 2 aromatic rings. The van der Waals surface area contributed by atoms with Gasteiger partial charge in [0.25, 0.3) is 0 Å². The molecule has 0 amide bonds. The van der Waals surface area contributed by atoms with E-state index in [1.54, 1.807) is 6.07 Å². The smallest absolute Gasteiger partial charge is 0.350 e. The summed E-state index contributed by atoms with van der Waals surface area (Å²) < 4.78 is 5.12. The lowest BCUT2D eigenvalue weighted by Crippen LogP contribution is -2.23. The minimum atomic E-state index is -0.731. The van der Waals surface area contributed by atoms with Gasteiger partial charge in [0.15, 0.2) is 0 Å². The lowest BCUT2D eigenvalue weighted by molar-refractivity contribution is 0.0389. The Bertz CT molecular complexity index is 1700. The van der Waals surface area contributed by atoms with Gasteiger partial charge in [-0.1, -0.05) is 26.5 Å². The fourth-order valence-corrected chi connectivity index (χ4v) is 5.51. The predicted molar refractivity (Wildman–Crippen MR) is 143 cm³/mol. The van der Waals surface area contributed by atoms with Crippen molar-refractivity contribution >= 4 is 45.3 Å². The summed E-state index contributed by atoms with van der Waals surface area (Å²) in [4.78, 5) is 42.1. The van der Waals surface area contributed by atoms with Crippen LogP contribution in [0, 0.1) is 0 Å². The van der Waals surface area contributed by atoms with E-state index in [0.717, 1.165) is 57.2 Å². The van der Waals surface area contributed by atoms with Gasteiger partial charge < -0.3 is 20.4 Å². The number of aromatic nitrogens is 4. The van der Waals surface area contributed by atoms with Crippen LogP contribution in [-0.4, -0.2) is 31.9 Å². The van der Waals surface area contributed by atoms with Crippen LogP contribution in [0.5, 0.6) is 0 Å². The predicted octanol–water partition coefficient (Wildman–Crippen LogP) is 5.61. The van der Waals surface area contributed by atoms with E-state index in [-0.39, 0.29) is 11.5 Å². The molecule has 0 radical (unpaired) electrons. The maximum atomic E-state index is 13.0. The number of fused-ring (bicyclic) bond motifs is 8. The molecule has 6 rings (SSSR count). The number of ether oxygens (including phenoxy) is 1. The molecule has 0 spiro atoms. The van der Waals surface area contributed by atoms with Crippen LogP contribution in [0.3, 0.4) is 0 Å². The maximum absolute atomic E-state index is 13.0. The molecule has 0 aromatic carbocycles. The SMILES string of the molecule is C=CC1=C(C)c2cc3[nH]c(c4c5[nH]c(cc6nc(cc1n2)C(C)=C6CC)cc5C(=O)OC4=O)[C@@H](N)C3C. The van der Waals surface area contributed by atoms with Crippen molar-refractivity contribution in [2.45, 2.75) is 46.1 Å². The second-order valence-electron chi connectivity index (χ2n) is 9.77. The Morgan fingerprint density at radius 2 is 1.73 bits per heavy atom. The number of allylic oxidation sites excluding steroid dienone is 5. The lowest BCUT2D eigenvalue weighted by atomic mass is 9.96. The molecule has 8 heteroatoms. The Morgan fingerprint density at radius 1 is 1.00 bits per heavy atom. The number of carbonyl (C=O) groups is 2. The highest BCUT2D eigenvalue weighted by atomic mass is 16.6. The number of esters is 2. The Balaban J connectivity index is 1.81. The first-order valence-electron chi connectivity index (χ1n) is 12.3. The average molecular weight is 494 g/mol. The van der Waals surface area contributed by atoms with E-state index < -0.39 is 18.0 Å². The molecule has 37 heavy (non-hydrogen) atoms. The first-order valence-corrected chi connectivity index (χ1v) is 12.3. The Kier molecular flexibility index (Phi) is 5.07. The third-order valence-corrected chi connectivity index (χ3v) is 7.72. The van der Waals surface area contributed by atoms with Gasteiger partial charge in [-0.15, -0.1) is 0 Å². The highest BCUT2D eigenvalue weighted by molar-refractivity contribution is 6.17. The number of nitrogens with one attached hydrogen (secondary N) is 2. The number of aromatic amines is 2. The van der Waals surface area contributed by atoms with Crippen molar-refractivity contribution in [3.8, 4) is 0 Å². The quantitative estimate of drug-likeness (QED) is 0.369. The van der Waals surface area contributed by atoms with Crippen molar-refractivity contribution in [1.82, 2.24) is 19.9 Å². The van der Waals surface area contributed by atoms with E-state index in [1.165, 1.54) is 0 Å². The van der Waals surface area contributed by atoms with Gasteiger partial charge >= 0.3 is 11.9 Å². The molecule has 186 valence electrons. The molecule has 0 fully saturated rings. The number of rotatable bonds is 2. The van der Waals surface area contributed by atoms with E-state index in [4.69, 9.17) is 20.4 Å². The van der Waals surface area contributed by atoms with Gasteiger partial charge in [-0.2, -0.15) is 0 Å². The second kappa shape index (κ2) is 8.11. The number of nitrogens with two attached hydrogens (primary N) is 1. The summed E-state index contributed by atoms with van der Waals surface area (Å²) in [6.07, 6.45) is 2.60. The summed E-state index contributed by atoms with van der Waals surface area (Å²) in [5.74, 6) is -1.55. The van der Waals surface area contributed by atoms with Crippen LogP contribution in [0.4, 0.5) is 0 Å². The Hall–Kier alpha value is -4.30. The third kappa shape index (κ3) is 3.33. The minimum absolute atomic E-state index is 0.128. The molecule has 1 unspecified atom stereocenters. The number of carbonyl (C=O) groups excluding carboxylic acids is 2. The molecule has 0 aliphatic carbocycles. The molecule has 8 bridgehead atoms.